The molecule has 2 rings (SSSR count). The summed E-state index contributed by atoms with van der Waals surface area (Å²) in [6, 6.07) is 13.8. The van der Waals surface area contributed by atoms with Crippen molar-refractivity contribution in [2.45, 2.75) is 26.7 Å². The fraction of sp³-hybridized carbons (Fsp3) is 0.300. The molecule has 2 amide bonds. The maximum absolute atomic E-state index is 12.9. The summed E-state index contributed by atoms with van der Waals surface area (Å²) in [6.07, 6.45) is 1.53. The number of aryl methyl sites for hydroxylation is 1. The smallest absolute Gasteiger partial charge is 0.240 e. The molecule has 0 heterocycles. The van der Waals surface area contributed by atoms with Gasteiger partial charge in [0, 0.05) is 19.2 Å². The van der Waals surface area contributed by atoms with Crippen LogP contribution >= 0.6 is 0 Å². The monoisotopic (exact) mass is 342 g/mol. The third-order valence-corrected chi connectivity index (χ3v) is 3.99. The predicted octanol–water partition coefficient (Wildman–Crippen LogP) is 3.10. The summed E-state index contributed by atoms with van der Waals surface area (Å²) in [5.74, 6) is -0.686. The standard InChI is InChI=1S/C20H23FN2O2/c1-3-16-6-10-19(11-7-16)23(15(2)24)14-20(25)22-13-12-17-4-8-18(21)9-5-17/h4-11H,3,12-14H2,1-2H3,(H,22,25). The van der Waals surface area contributed by atoms with E-state index in [0.717, 1.165) is 12.0 Å². The van der Waals surface area contributed by atoms with E-state index < -0.39 is 0 Å². The van der Waals surface area contributed by atoms with Crippen LogP contribution in [0, 0.1) is 5.82 Å². The molecule has 0 radical (unpaired) electrons. The number of nitrogens with zero attached hydrogens (tertiary/aromatic N) is 1. The first-order valence-electron chi connectivity index (χ1n) is 8.37. The molecule has 4 nitrogen and oxygen atoms in total. The van der Waals surface area contributed by atoms with Crippen molar-refractivity contribution in [3.8, 4) is 0 Å². The molecule has 0 aliphatic carbocycles. The van der Waals surface area contributed by atoms with E-state index in [0.29, 0.717) is 18.7 Å². The Labute approximate surface area is 147 Å². The molecule has 132 valence electrons. The van der Waals surface area contributed by atoms with Crippen LogP contribution < -0.4 is 10.2 Å². The molecule has 2 aromatic carbocycles. The molecule has 0 aliphatic heterocycles. The summed E-state index contributed by atoms with van der Waals surface area (Å²) in [6.45, 7) is 3.92. The summed E-state index contributed by atoms with van der Waals surface area (Å²) >= 11 is 0. The van der Waals surface area contributed by atoms with Crippen LogP contribution in [0.4, 0.5) is 10.1 Å². The van der Waals surface area contributed by atoms with Crippen LogP contribution in [0.3, 0.4) is 0 Å². The van der Waals surface area contributed by atoms with Crippen LogP contribution in [-0.2, 0) is 22.4 Å². The van der Waals surface area contributed by atoms with Gasteiger partial charge in [0.25, 0.3) is 0 Å². The summed E-state index contributed by atoms with van der Waals surface area (Å²) in [5.41, 5.74) is 2.83. The molecule has 0 aromatic heterocycles. The Bertz CT molecular complexity index is 711. The van der Waals surface area contributed by atoms with Gasteiger partial charge >= 0.3 is 0 Å². The van der Waals surface area contributed by atoms with Crippen molar-refractivity contribution < 1.29 is 14.0 Å². The number of rotatable bonds is 7. The second-order valence-corrected chi connectivity index (χ2v) is 5.85. The Hall–Kier alpha value is -2.69. The van der Waals surface area contributed by atoms with Gasteiger partial charge in [-0.3, -0.25) is 9.59 Å². The van der Waals surface area contributed by atoms with E-state index >= 15 is 0 Å². The van der Waals surface area contributed by atoms with Crippen LogP contribution in [0.1, 0.15) is 25.0 Å². The van der Waals surface area contributed by atoms with E-state index in [1.165, 1.54) is 29.5 Å². The molecule has 0 saturated heterocycles. The molecular weight excluding hydrogens is 319 g/mol. The lowest BCUT2D eigenvalue weighted by Gasteiger charge is -2.21. The average Bonchev–Trinajstić information content (AvgIpc) is 2.61. The summed E-state index contributed by atoms with van der Waals surface area (Å²) in [7, 11) is 0. The number of nitrogens with one attached hydrogen (secondary N) is 1. The lowest BCUT2D eigenvalue weighted by atomic mass is 10.1. The van der Waals surface area contributed by atoms with Gasteiger partial charge in [0.05, 0.1) is 0 Å². The number of hydrogen-bond acceptors (Lipinski definition) is 2. The number of carbonyl (C=O) groups excluding carboxylic acids is 2. The van der Waals surface area contributed by atoms with Gasteiger partial charge < -0.3 is 10.2 Å². The van der Waals surface area contributed by atoms with E-state index in [1.807, 2.05) is 24.3 Å². The normalized spacial score (nSPS) is 10.4. The predicted molar refractivity (Wildman–Crippen MR) is 97.0 cm³/mol. The van der Waals surface area contributed by atoms with Crippen LogP contribution in [0.2, 0.25) is 0 Å². The molecule has 0 atom stereocenters. The maximum Gasteiger partial charge on any atom is 0.240 e. The second-order valence-electron chi connectivity index (χ2n) is 5.85. The highest BCUT2D eigenvalue weighted by Crippen LogP contribution is 2.15. The molecule has 25 heavy (non-hydrogen) atoms. The Morgan fingerprint density at radius 2 is 1.60 bits per heavy atom. The minimum absolute atomic E-state index is 0.0236. The Kier molecular flexibility index (Phi) is 6.69. The van der Waals surface area contributed by atoms with Crippen molar-refractivity contribution >= 4 is 17.5 Å². The third kappa shape index (κ3) is 5.71. The van der Waals surface area contributed by atoms with E-state index in [-0.39, 0.29) is 24.2 Å². The number of carbonyl (C=O) groups is 2. The molecule has 0 spiro atoms. The Morgan fingerprint density at radius 1 is 1.00 bits per heavy atom. The van der Waals surface area contributed by atoms with Crippen molar-refractivity contribution in [2.24, 2.45) is 0 Å². The van der Waals surface area contributed by atoms with Crippen molar-refractivity contribution in [2.75, 3.05) is 18.0 Å². The number of hydrogen-bond donors (Lipinski definition) is 1. The first-order valence-corrected chi connectivity index (χ1v) is 8.37. The van der Waals surface area contributed by atoms with E-state index in [9.17, 15) is 14.0 Å². The zero-order chi connectivity index (χ0) is 18.2. The fourth-order valence-corrected chi connectivity index (χ4v) is 2.49. The van der Waals surface area contributed by atoms with Gasteiger partial charge in [-0.2, -0.15) is 0 Å². The van der Waals surface area contributed by atoms with Gasteiger partial charge in [0.1, 0.15) is 12.4 Å². The van der Waals surface area contributed by atoms with Crippen molar-refractivity contribution in [3.63, 3.8) is 0 Å². The minimum atomic E-state index is -0.279. The van der Waals surface area contributed by atoms with E-state index in [1.54, 1.807) is 12.1 Å². The second kappa shape index (κ2) is 8.97. The molecule has 2 aromatic rings. The first kappa shape index (κ1) is 18.6. The lowest BCUT2D eigenvalue weighted by Crippen LogP contribution is -2.40. The molecule has 1 N–H and O–H groups in total. The van der Waals surface area contributed by atoms with E-state index in [2.05, 4.69) is 12.2 Å². The zero-order valence-electron chi connectivity index (χ0n) is 14.6. The summed E-state index contributed by atoms with van der Waals surface area (Å²) in [5, 5.41) is 2.80. The molecule has 0 bridgehead atoms. The van der Waals surface area contributed by atoms with Gasteiger partial charge in [0.15, 0.2) is 0 Å². The highest BCUT2D eigenvalue weighted by atomic mass is 19.1. The Morgan fingerprint density at radius 3 is 2.16 bits per heavy atom. The van der Waals surface area contributed by atoms with Crippen LogP contribution in [-0.4, -0.2) is 24.9 Å². The van der Waals surface area contributed by atoms with Crippen LogP contribution in [0.15, 0.2) is 48.5 Å². The lowest BCUT2D eigenvalue weighted by molar-refractivity contribution is -0.123. The van der Waals surface area contributed by atoms with Gasteiger partial charge in [-0.25, -0.2) is 4.39 Å². The molecule has 0 saturated carbocycles. The van der Waals surface area contributed by atoms with Crippen LogP contribution in [0.5, 0.6) is 0 Å². The van der Waals surface area contributed by atoms with Crippen molar-refractivity contribution in [1.82, 2.24) is 5.32 Å². The topological polar surface area (TPSA) is 49.4 Å². The zero-order valence-corrected chi connectivity index (χ0v) is 14.6. The minimum Gasteiger partial charge on any atom is -0.354 e. The number of halogens is 1. The average molecular weight is 342 g/mol. The SMILES string of the molecule is CCc1ccc(N(CC(=O)NCCc2ccc(F)cc2)C(C)=O)cc1. The summed E-state index contributed by atoms with van der Waals surface area (Å²) in [4.78, 5) is 25.5. The molecular formula is C20H23FN2O2. The maximum atomic E-state index is 12.9. The highest BCUT2D eigenvalue weighted by Gasteiger charge is 2.15. The van der Waals surface area contributed by atoms with Crippen molar-refractivity contribution in [1.29, 1.82) is 0 Å². The van der Waals surface area contributed by atoms with Gasteiger partial charge in [-0.15, -0.1) is 0 Å². The van der Waals surface area contributed by atoms with Gasteiger partial charge in [-0.1, -0.05) is 31.2 Å². The van der Waals surface area contributed by atoms with Crippen molar-refractivity contribution in [3.05, 3.63) is 65.5 Å². The number of amides is 2. The van der Waals surface area contributed by atoms with Gasteiger partial charge in [0.2, 0.25) is 11.8 Å². The molecule has 5 heteroatoms. The number of anilines is 1. The molecule has 0 fully saturated rings. The quantitative estimate of drug-likeness (QED) is 0.840. The van der Waals surface area contributed by atoms with Crippen LogP contribution in [0.25, 0.3) is 0 Å². The first-order chi connectivity index (χ1) is 12.0. The fourth-order valence-electron chi connectivity index (χ4n) is 2.49. The number of benzene rings is 2. The van der Waals surface area contributed by atoms with E-state index in [4.69, 9.17) is 0 Å². The molecule has 0 aliphatic rings. The molecule has 0 unspecified atom stereocenters. The van der Waals surface area contributed by atoms with Gasteiger partial charge in [-0.05, 0) is 48.2 Å². The third-order valence-electron chi connectivity index (χ3n) is 3.99. The largest absolute Gasteiger partial charge is 0.354 e. The Balaban J connectivity index is 1.88. The summed E-state index contributed by atoms with van der Waals surface area (Å²) < 4.78 is 12.9. The highest BCUT2D eigenvalue weighted by molar-refractivity contribution is 5.97.